The number of nitrogens with zero attached hydrogens (tertiary/aromatic N) is 4. The van der Waals surface area contributed by atoms with Crippen molar-refractivity contribution in [3.63, 3.8) is 0 Å². The van der Waals surface area contributed by atoms with Gasteiger partial charge in [0.2, 0.25) is 5.78 Å². The molecule has 6 heteroatoms. The van der Waals surface area contributed by atoms with Crippen LogP contribution in [0.5, 0.6) is 0 Å². The molecule has 0 N–H and O–H groups in total. The summed E-state index contributed by atoms with van der Waals surface area (Å²) in [6.45, 7) is 0.628. The molecule has 0 radical (unpaired) electrons. The van der Waals surface area contributed by atoms with Crippen molar-refractivity contribution in [2.45, 2.75) is 6.54 Å². The summed E-state index contributed by atoms with van der Waals surface area (Å²) < 4.78 is 1.91. The number of halogens is 1. The minimum Gasteiger partial charge on any atom is -0.311 e. The Morgan fingerprint density at radius 3 is 2.48 bits per heavy atom. The number of ketones is 1. The zero-order valence-electron chi connectivity index (χ0n) is 13.1. The number of imidazole rings is 1. The second-order valence-corrected chi connectivity index (χ2v) is 6.03. The Kier molecular flexibility index (Phi) is 3.99. The zero-order valence-corrected chi connectivity index (χ0v) is 13.9. The van der Waals surface area contributed by atoms with Gasteiger partial charge in [-0.3, -0.25) is 4.79 Å². The van der Waals surface area contributed by atoms with E-state index in [2.05, 4.69) is 15.0 Å². The number of aromatic nitrogens is 4. The van der Waals surface area contributed by atoms with Crippen LogP contribution in [0.3, 0.4) is 0 Å². The first-order chi connectivity index (χ1) is 12.2. The summed E-state index contributed by atoms with van der Waals surface area (Å²) in [5.41, 5.74) is 3.07. The van der Waals surface area contributed by atoms with Crippen LogP contribution >= 0.6 is 11.6 Å². The summed E-state index contributed by atoms with van der Waals surface area (Å²) >= 11 is 5.89. The molecular formula is C19H13ClN4O. The highest BCUT2D eigenvalue weighted by molar-refractivity contribution is 6.30. The van der Waals surface area contributed by atoms with E-state index >= 15 is 0 Å². The van der Waals surface area contributed by atoms with Crippen LogP contribution in [-0.4, -0.2) is 25.3 Å². The second kappa shape index (κ2) is 6.45. The van der Waals surface area contributed by atoms with Crippen molar-refractivity contribution >= 4 is 28.5 Å². The standard InChI is InChI=1S/C19H13ClN4O/c20-15-8-6-14(7-9-15)18(25)16-17-19(22-11-21-16)24(12-23-17)10-13-4-2-1-3-5-13/h1-9,11-12H,10H2. The fourth-order valence-electron chi connectivity index (χ4n) is 2.68. The summed E-state index contributed by atoms with van der Waals surface area (Å²) in [4.78, 5) is 25.6. The van der Waals surface area contributed by atoms with E-state index in [9.17, 15) is 4.79 Å². The lowest BCUT2D eigenvalue weighted by Gasteiger charge is -2.05. The average molecular weight is 349 g/mol. The fourth-order valence-corrected chi connectivity index (χ4v) is 2.81. The van der Waals surface area contributed by atoms with Gasteiger partial charge < -0.3 is 4.57 Å². The molecule has 2 aromatic heterocycles. The maximum Gasteiger partial charge on any atom is 0.213 e. The molecule has 0 aliphatic heterocycles. The van der Waals surface area contributed by atoms with Crippen LogP contribution in [-0.2, 0) is 6.54 Å². The van der Waals surface area contributed by atoms with Gasteiger partial charge >= 0.3 is 0 Å². The highest BCUT2D eigenvalue weighted by Crippen LogP contribution is 2.19. The third-order valence-electron chi connectivity index (χ3n) is 3.92. The summed E-state index contributed by atoms with van der Waals surface area (Å²) in [5.74, 6) is -0.200. The van der Waals surface area contributed by atoms with Gasteiger partial charge in [0.05, 0.1) is 12.9 Å². The Hall–Kier alpha value is -3.05. The molecule has 0 unspecified atom stereocenters. The maximum atomic E-state index is 12.8. The van der Waals surface area contributed by atoms with Crippen LogP contribution in [0.25, 0.3) is 11.2 Å². The molecule has 0 atom stereocenters. The lowest BCUT2D eigenvalue weighted by Crippen LogP contribution is -2.06. The van der Waals surface area contributed by atoms with Gasteiger partial charge in [-0.05, 0) is 29.8 Å². The molecule has 0 saturated carbocycles. The van der Waals surface area contributed by atoms with Crippen molar-refractivity contribution in [1.82, 2.24) is 19.5 Å². The van der Waals surface area contributed by atoms with E-state index < -0.39 is 0 Å². The van der Waals surface area contributed by atoms with Gasteiger partial charge in [0, 0.05) is 10.6 Å². The van der Waals surface area contributed by atoms with Gasteiger partial charge in [-0.25, -0.2) is 15.0 Å². The number of benzene rings is 2. The molecule has 0 aliphatic rings. The zero-order chi connectivity index (χ0) is 17.2. The molecule has 2 aromatic carbocycles. The topological polar surface area (TPSA) is 60.7 Å². The Balaban J connectivity index is 1.74. The SMILES string of the molecule is O=C(c1ccc(Cl)cc1)c1ncnc2c1ncn2Cc1ccccc1. The predicted molar refractivity (Wildman–Crippen MR) is 95.8 cm³/mol. The van der Waals surface area contributed by atoms with Crippen LogP contribution < -0.4 is 0 Å². The van der Waals surface area contributed by atoms with Gasteiger partial charge in [-0.15, -0.1) is 0 Å². The van der Waals surface area contributed by atoms with E-state index in [4.69, 9.17) is 11.6 Å². The van der Waals surface area contributed by atoms with Crippen molar-refractivity contribution in [2.75, 3.05) is 0 Å². The molecule has 0 bridgehead atoms. The number of hydrogen-bond donors (Lipinski definition) is 0. The summed E-state index contributed by atoms with van der Waals surface area (Å²) in [6.07, 6.45) is 3.08. The number of carbonyl (C=O) groups excluding carboxylic acids is 1. The lowest BCUT2D eigenvalue weighted by atomic mass is 10.1. The van der Waals surface area contributed by atoms with E-state index in [-0.39, 0.29) is 5.78 Å². The molecule has 0 amide bonds. The first-order valence-electron chi connectivity index (χ1n) is 7.72. The minimum absolute atomic E-state index is 0.200. The lowest BCUT2D eigenvalue weighted by molar-refractivity contribution is 0.103. The van der Waals surface area contributed by atoms with Crippen LogP contribution in [0.4, 0.5) is 0 Å². The van der Waals surface area contributed by atoms with Gasteiger partial charge in [0.1, 0.15) is 17.5 Å². The van der Waals surface area contributed by atoms with E-state index in [1.54, 1.807) is 30.6 Å². The average Bonchev–Trinajstić information content (AvgIpc) is 3.06. The normalized spacial score (nSPS) is 10.9. The van der Waals surface area contributed by atoms with Crippen molar-refractivity contribution in [3.8, 4) is 0 Å². The summed E-state index contributed by atoms with van der Waals surface area (Å²) in [5, 5.41) is 0.580. The van der Waals surface area contributed by atoms with Crippen LogP contribution in [0.15, 0.2) is 67.3 Å². The molecule has 4 aromatic rings. The van der Waals surface area contributed by atoms with Crippen molar-refractivity contribution in [3.05, 3.63) is 89.1 Å². The van der Waals surface area contributed by atoms with Crippen LogP contribution in [0.2, 0.25) is 5.02 Å². The Morgan fingerprint density at radius 1 is 0.960 bits per heavy atom. The smallest absolute Gasteiger partial charge is 0.213 e. The molecule has 122 valence electrons. The Bertz CT molecular complexity index is 1040. The maximum absolute atomic E-state index is 12.8. The molecule has 0 aliphatic carbocycles. The molecule has 4 rings (SSSR count). The quantitative estimate of drug-likeness (QED) is 0.527. The van der Waals surface area contributed by atoms with E-state index in [0.29, 0.717) is 34.0 Å². The molecular weight excluding hydrogens is 336 g/mol. The van der Waals surface area contributed by atoms with Gasteiger partial charge in [0.15, 0.2) is 5.65 Å². The monoisotopic (exact) mass is 348 g/mol. The second-order valence-electron chi connectivity index (χ2n) is 5.59. The first-order valence-corrected chi connectivity index (χ1v) is 8.10. The Morgan fingerprint density at radius 2 is 1.72 bits per heavy atom. The molecule has 0 saturated heterocycles. The molecule has 2 heterocycles. The van der Waals surface area contributed by atoms with Gasteiger partial charge in [-0.1, -0.05) is 41.9 Å². The van der Waals surface area contributed by atoms with E-state index in [1.807, 2.05) is 34.9 Å². The minimum atomic E-state index is -0.200. The number of rotatable bonds is 4. The third-order valence-corrected chi connectivity index (χ3v) is 4.17. The molecule has 0 fully saturated rings. The van der Waals surface area contributed by atoms with Crippen LogP contribution in [0.1, 0.15) is 21.6 Å². The highest BCUT2D eigenvalue weighted by atomic mass is 35.5. The molecule has 0 spiro atoms. The number of hydrogen-bond acceptors (Lipinski definition) is 4. The van der Waals surface area contributed by atoms with E-state index in [0.717, 1.165) is 5.56 Å². The fraction of sp³-hybridized carbons (Fsp3) is 0.0526. The largest absolute Gasteiger partial charge is 0.311 e. The third kappa shape index (κ3) is 3.02. The summed E-state index contributed by atoms with van der Waals surface area (Å²) in [6, 6.07) is 16.7. The van der Waals surface area contributed by atoms with Crippen molar-refractivity contribution in [2.24, 2.45) is 0 Å². The van der Waals surface area contributed by atoms with Crippen molar-refractivity contribution in [1.29, 1.82) is 0 Å². The van der Waals surface area contributed by atoms with Gasteiger partial charge in [-0.2, -0.15) is 0 Å². The van der Waals surface area contributed by atoms with E-state index in [1.165, 1.54) is 6.33 Å². The van der Waals surface area contributed by atoms with Crippen molar-refractivity contribution < 1.29 is 4.79 Å². The number of carbonyl (C=O) groups is 1. The number of fused-ring (bicyclic) bond motifs is 1. The van der Waals surface area contributed by atoms with Gasteiger partial charge in [0.25, 0.3) is 0 Å². The summed E-state index contributed by atoms with van der Waals surface area (Å²) in [7, 11) is 0. The Labute approximate surface area is 149 Å². The highest BCUT2D eigenvalue weighted by Gasteiger charge is 2.18. The first kappa shape index (κ1) is 15.5. The molecule has 5 nitrogen and oxygen atoms in total. The van der Waals surface area contributed by atoms with Crippen LogP contribution in [0, 0.1) is 0 Å². The predicted octanol–water partition coefficient (Wildman–Crippen LogP) is 3.76. The molecule has 25 heavy (non-hydrogen) atoms.